The van der Waals surface area contributed by atoms with Crippen LogP contribution < -0.4 is 4.74 Å². The molecule has 6 rings (SSSR count). The number of nitrogens with zero attached hydrogens (tertiary/aromatic N) is 4. The van der Waals surface area contributed by atoms with E-state index >= 15 is 0 Å². The summed E-state index contributed by atoms with van der Waals surface area (Å²) in [6, 6.07) is 14.8. The number of hydrogen-bond donors (Lipinski definition) is 0. The van der Waals surface area contributed by atoms with Gasteiger partial charge < -0.3 is 14.4 Å². The van der Waals surface area contributed by atoms with Crippen LogP contribution in [0.2, 0.25) is 0 Å². The third kappa shape index (κ3) is 4.67. The maximum atomic E-state index is 13.8. The van der Waals surface area contributed by atoms with Gasteiger partial charge in [-0.2, -0.15) is 5.10 Å². The van der Waals surface area contributed by atoms with E-state index < -0.39 is 0 Å². The lowest BCUT2D eigenvalue weighted by atomic mass is 9.85. The summed E-state index contributed by atoms with van der Waals surface area (Å²) in [6.45, 7) is 4.89. The number of rotatable bonds is 7. The Morgan fingerprint density at radius 2 is 1.83 bits per heavy atom. The first-order valence-electron chi connectivity index (χ1n) is 13.0. The first-order valence-corrected chi connectivity index (χ1v) is 13.0. The number of carbonyl (C=O) groups excluding carboxylic acids is 1. The standard InChI is InChI=1S/C28H34N4O3/c33-28(25-5-1-2-6-27(25)35-17-14-30-12-15-34-16-13-30)32-23-7-8-24(32)20-21(19-23)18-22-4-3-11-31-26(22)9-10-29-31/h1-6,9-11,21,23-24H,7-8,12-20H2. The molecule has 1 amide bonds. The number of ether oxygens (including phenoxy) is 2. The van der Waals surface area contributed by atoms with Crippen LogP contribution in [-0.4, -0.2) is 76.9 Å². The number of piperidine rings is 1. The molecule has 0 aliphatic carbocycles. The first kappa shape index (κ1) is 22.6. The Hall–Kier alpha value is -2.90. The van der Waals surface area contributed by atoms with E-state index in [1.807, 2.05) is 41.2 Å². The van der Waals surface area contributed by atoms with E-state index in [9.17, 15) is 4.79 Å². The molecule has 184 valence electrons. The lowest BCUT2D eigenvalue weighted by molar-refractivity contribution is 0.0320. The average molecular weight is 475 g/mol. The van der Waals surface area contributed by atoms with Gasteiger partial charge in [0.1, 0.15) is 12.4 Å². The smallest absolute Gasteiger partial charge is 0.258 e. The third-order valence-electron chi connectivity index (χ3n) is 7.98. The summed E-state index contributed by atoms with van der Waals surface area (Å²) in [4.78, 5) is 18.3. The van der Waals surface area contributed by atoms with Gasteiger partial charge in [-0.25, -0.2) is 4.52 Å². The molecule has 3 aliphatic rings. The molecule has 35 heavy (non-hydrogen) atoms. The maximum Gasteiger partial charge on any atom is 0.258 e. The van der Waals surface area contributed by atoms with Crippen LogP contribution >= 0.6 is 0 Å². The molecule has 3 aliphatic heterocycles. The van der Waals surface area contributed by atoms with Gasteiger partial charge in [0.05, 0.1) is 24.3 Å². The molecule has 2 aromatic heterocycles. The van der Waals surface area contributed by atoms with Crippen LogP contribution in [0.25, 0.3) is 5.52 Å². The van der Waals surface area contributed by atoms with Crippen molar-refractivity contribution in [1.29, 1.82) is 0 Å². The van der Waals surface area contributed by atoms with E-state index in [1.165, 1.54) is 11.1 Å². The Kier molecular flexibility index (Phi) is 6.44. The van der Waals surface area contributed by atoms with Crippen LogP contribution in [0.5, 0.6) is 5.75 Å². The van der Waals surface area contributed by atoms with Crippen molar-refractivity contribution in [2.45, 2.75) is 44.2 Å². The monoisotopic (exact) mass is 474 g/mol. The molecule has 2 unspecified atom stereocenters. The first-order chi connectivity index (χ1) is 17.3. The largest absolute Gasteiger partial charge is 0.491 e. The molecule has 7 nitrogen and oxygen atoms in total. The number of hydrogen-bond acceptors (Lipinski definition) is 5. The summed E-state index contributed by atoms with van der Waals surface area (Å²) in [5.41, 5.74) is 3.25. The highest BCUT2D eigenvalue weighted by atomic mass is 16.5. The molecule has 0 saturated carbocycles. The molecule has 2 atom stereocenters. The summed E-state index contributed by atoms with van der Waals surface area (Å²) < 4.78 is 13.5. The molecule has 0 spiro atoms. The van der Waals surface area contributed by atoms with Gasteiger partial charge in [-0.1, -0.05) is 18.2 Å². The lowest BCUT2D eigenvalue weighted by Gasteiger charge is -2.39. The second-order valence-corrected chi connectivity index (χ2v) is 10.1. The van der Waals surface area contributed by atoms with E-state index in [0.29, 0.717) is 35.9 Å². The molecule has 0 N–H and O–H groups in total. The molecule has 7 heteroatoms. The van der Waals surface area contributed by atoms with Crippen LogP contribution in [0.3, 0.4) is 0 Å². The SMILES string of the molecule is O=C(c1ccccc1OCCN1CCOCC1)N1C2CCC1CC(Cc1cccn3nccc13)C2. The molecule has 5 heterocycles. The summed E-state index contributed by atoms with van der Waals surface area (Å²) in [5, 5.41) is 4.38. The fraction of sp³-hybridized carbons (Fsp3) is 0.500. The van der Waals surface area contributed by atoms with Crippen molar-refractivity contribution < 1.29 is 14.3 Å². The summed E-state index contributed by atoms with van der Waals surface area (Å²) in [7, 11) is 0. The van der Waals surface area contributed by atoms with Crippen molar-refractivity contribution >= 4 is 11.4 Å². The Morgan fingerprint density at radius 1 is 1.03 bits per heavy atom. The highest BCUT2D eigenvalue weighted by molar-refractivity contribution is 5.97. The molecule has 1 aromatic carbocycles. The molecule has 0 radical (unpaired) electrons. The van der Waals surface area contributed by atoms with E-state index in [2.05, 4.69) is 33.1 Å². The number of carbonyl (C=O) groups is 1. The van der Waals surface area contributed by atoms with Crippen molar-refractivity contribution in [3.05, 3.63) is 66.0 Å². The van der Waals surface area contributed by atoms with Crippen LogP contribution in [0, 0.1) is 5.92 Å². The van der Waals surface area contributed by atoms with E-state index in [0.717, 1.165) is 65.0 Å². The Labute approximate surface area is 206 Å². The number of aromatic nitrogens is 2. The van der Waals surface area contributed by atoms with Gasteiger partial charge >= 0.3 is 0 Å². The topological polar surface area (TPSA) is 59.3 Å². The Balaban J connectivity index is 1.11. The van der Waals surface area contributed by atoms with Crippen molar-refractivity contribution in [1.82, 2.24) is 19.4 Å². The van der Waals surface area contributed by atoms with Gasteiger partial charge in [0.2, 0.25) is 0 Å². The lowest BCUT2D eigenvalue weighted by Crippen LogP contribution is -2.47. The second kappa shape index (κ2) is 9.99. The molecular weight excluding hydrogens is 440 g/mol. The normalized spacial score (nSPS) is 24.7. The highest BCUT2D eigenvalue weighted by Gasteiger charge is 2.43. The molecule has 3 saturated heterocycles. The van der Waals surface area contributed by atoms with Gasteiger partial charge in [0.15, 0.2) is 0 Å². The van der Waals surface area contributed by atoms with Gasteiger partial charge in [-0.05, 0) is 67.9 Å². The van der Waals surface area contributed by atoms with Gasteiger partial charge in [0.25, 0.3) is 5.91 Å². The van der Waals surface area contributed by atoms with E-state index in [1.54, 1.807) is 0 Å². The second-order valence-electron chi connectivity index (χ2n) is 10.1. The fourth-order valence-corrected chi connectivity index (χ4v) is 6.30. The molecule has 2 bridgehead atoms. The van der Waals surface area contributed by atoms with Crippen LogP contribution in [0.15, 0.2) is 54.9 Å². The minimum atomic E-state index is 0.135. The molecule has 3 fully saturated rings. The molecular formula is C28H34N4O3. The van der Waals surface area contributed by atoms with Crippen molar-refractivity contribution in [3.8, 4) is 5.75 Å². The summed E-state index contributed by atoms with van der Waals surface area (Å²) in [5.74, 6) is 1.44. The number of fused-ring (bicyclic) bond motifs is 3. The third-order valence-corrected chi connectivity index (χ3v) is 7.98. The van der Waals surface area contributed by atoms with E-state index in [4.69, 9.17) is 9.47 Å². The van der Waals surface area contributed by atoms with Crippen LogP contribution in [0.4, 0.5) is 0 Å². The molecule has 3 aromatic rings. The van der Waals surface area contributed by atoms with Crippen molar-refractivity contribution in [3.63, 3.8) is 0 Å². The van der Waals surface area contributed by atoms with Crippen molar-refractivity contribution in [2.75, 3.05) is 39.5 Å². The fourth-order valence-electron chi connectivity index (χ4n) is 6.30. The predicted molar refractivity (Wildman–Crippen MR) is 134 cm³/mol. The number of para-hydroxylation sites is 1. The minimum Gasteiger partial charge on any atom is -0.491 e. The van der Waals surface area contributed by atoms with Crippen molar-refractivity contribution in [2.24, 2.45) is 5.92 Å². The number of amides is 1. The van der Waals surface area contributed by atoms with Gasteiger partial charge in [-0.15, -0.1) is 0 Å². The van der Waals surface area contributed by atoms with E-state index in [-0.39, 0.29) is 5.91 Å². The van der Waals surface area contributed by atoms with Crippen LogP contribution in [-0.2, 0) is 11.2 Å². The zero-order valence-corrected chi connectivity index (χ0v) is 20.2. The zero-order valence-electron chi connectivity index (χ0n) is 20.2. The zero-order chi connectivity index (χ0) is 23.6. The number of morpholine rings is 1. The Bertz CT molecular complexity index is 1160. The summed E-state index contributed by atoms with van der Waals surface area (Å²) in [6.07, 6.45) is 9.25. The summed E-state index contributed by atoms with van der Waals surface area (Å²) >= 11 is 0. The predicted octanol–water partition coefficient (Wildman–Crippen LogP) is 3.67. The Morgan fingerprint density at radius 3 is 2.66 bits per heavy atom. The van der Waals surface area contributed by atoms with Gasteiger partial charge in [0, 0.05) is 44.1 Å². The minimum absolute atomic E-state index is 0.135. The maximum absolute atomic E-state index is 13.8. The van der Waals surface area contributed by atoms with Gasteiger partial charge in [-0.3, -0.25) is 9.69 Å². The number of benzene rings is 1. The highest BCUT2D eigenvalue weighted by Crippen LogP contribution is 2.41. The average Bonchev–Trinajstić information content (AvgIpc) is 3.48. The number of pyridine rings is 1. The van der Waals surface area contributed by atoms with Crippen LogP contribution in [0.1, 0.15) is 41.6 Å². The quantitative estimate of drug-likeness (QED) is 0.523.